The molecule has 0 spiro atoms. The van der Waals surface area contributed by atoms with Crippen LogP contribution < -0.4 is 10.1 Å². The number of carbonyl (C=O) groups is 1. The van der Waals surface area contributed by atoms with Crippen LogP contribution in [-0.2, 0) is 4.79 Å². The van der Waals surface area contributed by atoms with Crippen LogP contribution in [0.3, 0.4) is 0 Å². The van der Waals surface area contributed by atoms with Crippen molar-refractivity contribution in [3.05, 3.63) is 59.4 Å². The van der Waals surface area contributed by atoms with E-state index in [2.05, 4.69) is 47.6 Å². The maximum Gasteiger partial charge on any atom is 0.234 e. The molecule has 0 fully saturated rings. The van der Waals surface area contributed by atoms with E-state index < -0.39 is 0 Å². The van der Waals surface area contributed by atoms with Gasteiger partial charge in [0.15, 0.2) is 5.16 Å². The lowest BCUT2D eigenvalue weighted by Gasteiger charge is -2.13. The van der Waals surface area contributed by atoms with Gasteiger partial charge in [0.25, 0.3) is 0 Å². The van der Waals surface area contributed by atoms with Crippen molar-refractivity contribution < 1.29 is 9.53 Å². The number of ether oxygens (including phenoxy) is 1. The average molecular weight is 397 g/mol. The lowest BCUT2D eigenvalue weighted by Crippen LogP contribution is -2.15. The standard InChI is InChI=1S/C21H24N4O2S/c1-5-27-19-9-7-6-8-17(19)22-20(26)13-28-21-24-23-16(4)25(21)18-12-14(2)10-11-15(18)3/h6-12H,5,13H2,1-4H3,(H,22,26). The van der Waals surface area contributed by atoms with E-state index in [0.29, 0.717) is 23.2 Å². The van der Waals surface area contributed by atoms with Gasteiger partial charge in [0.2, 0.25) is 5.91 Å². The summed E-state index contributed by atoms with van der Waals surface area (Å²) in [5.41, 5.74) is 3.99. The molecule has 0 unspecified atom stereocenters. The minimum absolute atomic E-state index is 0.120. The van der Waals surface area contributed by atoms with Gasteiger partial charge in [-0.1, -0.05) is 36.0 Å². The van der Waals surface area contributed by atoms with Crippen LogP contribution in [0.4, 0.5) is 5.69 Å². The Bertz CT molecular complexity index is 984. The van der Waals surface area contributed by atoms with E-state index in [1.807, 2.05) is 42.7 Å². The predicted molar refractivity (Wildman–Crippen MR) is 113 cm³/mol. The number of para-hydroxylation sites is 2. The first-order chi connectivity index (χ1) is 13.5. The third kappa shape index (κ3) is 4.54. The van der Waals surface area contributed by atoms with Crippen LogP contribution in [0.2, 0.25) is 0 Å². The van der Waals surface area contributed by atoms with E-state index >= 15 is 0 Å². The Morgan fingerprint density at radius 2 is 1.93 bits per heavy atom. The molecule has 3 aromatic rings. The van der Waals surface area contributed by atoms with Gasteiger partial charge in [0.05, 0.1) is 23.7 Å². The third-order valence-corrected chi connectivity index (χ3v) is 5.12. The second-order valence-corrected chi connectivity index (χ2v) is 7.36. The summed E-state index contributed by atoms with van der Waals surface area (Å²) in [6, 6.07) is 13.7. The molecule has 0 saturated heterocycles. The molecule has 0 radical (unpaired) electrons. The Hall–Kier alpha value is -2.80. The molecule has 1 heterocycles. The number of carbonyl (C=O) groups excluding carboxylic acids is 1. The highest BCUT2D eigenvalue weighted by molar-refractivity contribution is 7.99. The number of hydrogen-bond acceptors (Lipinski definition) is 5. The molecule has 1 aromatic heterocycles. The van der Waals surface area contributed by atoms with Gasteiger partial charge < -0.3 is 10.1 Å². The first-order valence-electron chi connectivity index (χ1n) is 9.13. The van der Waals surface area contributed by atoms with Crippen LogP contribution in [0.5, 0.6) is 5.75 Å². The lowest BCUT2D eigenvalue weighted by molar-refractivity contribution is -0.113. The molecule has 0 saturated carbocycles. The number of anilines is 1. The molecule has 0 aliphatic carbocycles. The predicted octanol–water partition coefficient (Wildman–Crippen LogP) is 4.32. The highest BCUT2D eigenvalue weighted by Gasteiger charge is 2.15. The minimum Gasteiger partial charge on any atom is -0.492 e. The molecule has 0 atom stereocenters. The quantitative estimate of drug-likeness (QED) is 0.602. The Balaban J connectivity index is 1.74. The second kappa shape index (κ2) is 8.93. The molecule has 7 heteroatoms. The van der Waals surface area contributed by atoms with Crippen molar-refractivity contribution in [1.82, 2.24) is 14.8 Å². The van der Waals surface area contributed by atoms with Gasteiger partial charge in [-0.15, -0.1) is 10.2 Å². The normalized spacial score (nSPS) is 10.7. The highest BCUT2D eigenvalue weighted by Crippen LogP contribution is 2.26. The highest BCUT2D eigenvalue weighted by atomic mass is 32.2. The lowest BCUT2D eigenvalue weighted by atomic mass is 10.1. The van der Waals surface area contributed by atoms with Crippen molar-refractivity contribution in [2.24, 2.45) is 0 Å². The van der Waals surface area contributed by atoms with E-state index in [-0.39, 0.29) is 11.7 Å². The Morgan fingerprint density at radius 3 is 2.71 bits per heavy atom. The number of rotatable bonds is 7. The first-order valence-corrected chi connectivity index (χ1v) is 10.1. The van der Waals surface area contributed by atoms with Gasteiger partial charge in [-0.25, -0.2) is 0 Å². The van der Waals surface area contributed by atoms with Crippen molar-refractivity contribution in [3.8, 4) is 11.4 Å². The average Bonchev–Trinajstić information content (AvgIpc) is 3.04. The fraction of sp³-hybridized carbons (Fsp3) is 0.286. The molecule has 6 nitrogen and oxygen atoms in total. The summed E-state index contributed by atoms with van der Waals surface area (Å²) >= 11 is 1.36. The summed E-state index contributed by atoms with van der Waals surface area (Å²) in [6.07, 6.45) is 0. The largest absolute Gasteiger partial charge is 0.492 e. The second-order valence-electron chi connectivity index (χ2n) is 6.42. The number of aryl methyl sites for hydroxylation is 3. The number of thioether (sulfide) groups is 1. The first kappa shape index (κ1) is 19.9. The van der Waals surface area contributed by atoms with Crippen molar-refractivity contribution in [1.29, 1.82) is 0 Å². The molecular formula is C21H24N4O2S. The van der Waals surface area contributed by atoms with Gasteiger partial charge >= 0.3 is 0 Å². The smallest absolute Gasteiger partial charge is 0.234 e. The van der Waals surface area contributed by atoms with E-state index in [4.69, 9.17) is 4.74 Å². The minimum atomic E-state index is -0.120. The number of hydrogen-bond donors (Lipinski definition) is 1. The summed E-state index contributed by atoms with van der Waals surface area (Å²) in [5, 5.41) is 12.1. The van der Waals surface area contributed by atoms with Crippen molar-refractivity contribution in [3.63, 3.8) is 0 Å². The van der Waals surface area contributed by atoms with Gasteiger partial charge in [-0.05, 0) is 57.0 Å². The molecular weight excluding hydrogens is 372 g/mol. The summed E-state index contributed by atoms with van der Waals surface area (Å²) in [5.74, 6) is 1.56. The SMILES string of the molecule is CCOc1ccccc1NC(=O)CSc1nnc(C)n1-c1cc(C)ccc1C. The topological polar surface area (TPSA) is 69.0 Å². The molecule has 28 heavy (non-hydrogen) atoms. The van der Waals surface area contributed by atoms with Crippen LogP contribution in [-0.4, -0.2) is 33.0 Å². The van der Waals surface area contributed by atoms with E-state index in [1.54, 1.807) is 0 Å². The number of aromatic nitrogens is 3. The number of benzene rings is 2. The summed E-state index contributed by atoms with van der Waals surface area (Å²) < 4.78 is 7.55. The Kier molecular flexibility index (Phi) is 6.36. The Labute approximate surface area is 169 Å². The third-order valence-electron chi connectivity index (χ3n) is 4.19. The Morgan fingerprint density at radius 1 is 1.14 bits per heavy atom. The fourth-order valence-corrected chi connectivity index (χ4v) is 3.63. The summed E-state index contributed by atoms with van der Waals surface area (Å²) in [6.45, 7) is 8.48. The monoisotopic (exact) mass is 396 g/mol. The van der Waals surface area contributed by atoms with Crippen molar-refractivity contribution in [2.45, 2.75) is 32.9 Å². The van der Waals surface area contributed by atoms with E-state index in [0.717, 1.165) is 22.6 Å². The maximum atomic E-state index is 12.5. The summed E-state index contributed by atoms with van der Waals surface area (Å²) in [4.78, 5) is 12.5. The van der Waals surface area contributed by atoms with Crippen LogP contribution >= 0.6 is 11.8 Å². The van der Waals surface area contributed by atoms with Crippen LogP contribution in [0, 0.1) is 20.8 Å². The maximum absolute atomic E-state index is 12.5. The molecule has 146 valence electrons. The zero-order chi connectivity index (χ0) is 20.1. The zero-order valence-corrected chi connectivity index (χ0v) is 17.3. The molecule has 0 aliphatic rings. The van der Waals surface area contributed by atoms with Crippen molar-refractivity contribution >= 4 is 23.4 Å². The van der Waals surface area contributed by atoms with E-state index in [1.165, 1.54) is 11.8 Å². The molecule has 0 bridgehead atoms. The fourth-order valence-electron chi connectivity index (χ4n) is 2.84. The number of amides is 1. The molecule has 2 aromatic carbocycles. The summed E-state index contributed by atoms with van der Waals surface area (Å²) in [7, 11) is 0. The molecule has 1 N–H and O–H groups in total. The number of nitrogens with one attached hydrogen (secondary N) is 1. The number of nitrogens with zero attached hydrogens (tertiary/aromatic N) is 3. The molecule has 3 rings (SSSR count). The van der Waals surface area contributed by atoms with Gasteiger partial charge in [0, 0.05) is 0 Å². The van der Waals surface area contributed by atoms with E-state index in [9.17, 15) is 4.79 Å². The van der Waals surface area contributed by atoms with Gasteiger partial charge in [0.1, 0.15) is 11.6 Å². The van der Waals surface area contributed by atoms with Gasteiger partial charge in [-0.2, -0.15) is 0 Å². The molecule has 0 aliphatic heterocycles. The zero-order valence-electron chi connectivity index (χ0n) is 16.5. The van der Waals surface area contributed by atoms with Crippen LogP contribution in [0.1, 0.15) is 23.9 Å². The molecule has 1 amide bonds. The van der Waals surface area contributed by atoms with Crippen molar-refractivity contribution in [2.75, 3.05) is 17.7 Å². The van der Waals surface area contributed by atoms with Gasteiger partial charge in [-0.3, -0.25) is 9.36 Å². The van der Waals surface area contributed by atoms with Crippen LogP contribution in [0.15, 0.2) is 47.6 Å². The van der Waals surface area contributed by atoms with Crippen LogP contribution in [0.25, 0.3) is 5.69 Å².